The third-order valence-electron chi connectivity index (χ3n) is 2.33. The summed E-state index contributed by atoms with van der Waals surface area (Å²) in [5.41, 5.74) is 0. The molecule has 0 aromatic rings. The van der Waals surface area contributed by atoms with Crippen molar-refractivity contribution in [2.75, 3.05) is 13.1 Å². The van der Waals surface area contributed by atoms with E-state index in [2.05, 4.69) is 25.7 Å². The van der Waals surface area contributed by atoms with E-state index in [9.17, 15) is 0 Å². The molecule has 1 N–H and O–H groups in total. The summed E-state index contributed by atoms with van der Waals surface area (Å²) in [4.78, 5) is 2.16. The molecule has 12 heavy (non-hydrogen) atoms. The Morgan fingerprint density at radius 3 is 2.25 bits per heavy atom. The molecule has 0 radical (unpaired) electrons. The van der Waals surface area contributed by atoms with Gasteiger partial charge >= 0.3 is 0 Å². The van der Waals surface area contributed by atoms with E-state index in [0.717, 1.165) is 25.3 Å². The molecule has 1 atom stereocenters. The van der Waals surface area contributed by atoms with Crippen LogP contribution >= 0.6 is 0 Å². The molecule has 0 aromatic heterocycles. The number of amidine groups is 1. The van der Waals surface area contributed by atoms with E-state index < -0.39 is 0 Å². The molecule has 0 aliphatic rings. The lowest BCUT2D eigenvalue weighted by atomic mass is 10.1. The smallest absolute Gasteiger partial charge is 0.0954 e. The lowest BCUT2D eigenvalue weighted by molar-refractivity contribution is 0.352. The molecule has 0 saturated carbocycles. The summed E-state index contributed by atoms with van der Waals surface area (Å²) in [7, 11) is 0. The molecule has 0 saturated heterocycles. The normalized spacial score (nSPS) is 12.7. The summed E-state index contributed by atoms with van der Waals surface area (Å²) in [5, 5.41) is 7.69. The topological polar surface area (TPSA) is 27.1 Å². The Hall–Kier alpha value is -0.530. The van der Waals surface area contributed by atoms with Crippen LogP contribution in [0.25, 0.3) is 0 Å². The summed E-state index contributed by atoms with van der Waals surface area (Å²) in [6.45, 7) is 10.6. The first-order chi connectivity index (χ1) is 5.65. The van der Waals surface area contributed by atoms with Crippen LogP contribution in [-0.2, 0) is 0 Å². The molecule has 0 fully saturated rings. The second kappa shape index (κ2) is 6.04. The number of hydrogen-bond donors (Lipinski definition) is 1. The van der Waals surface area contributed by atoms with Gasteiger partial charge in [0.15, 0.2) is 0 Å². The van der Waals surface area contributed by atoms with Gasteiger partial charge in [0, 0.05) is 19.5 Å². The minimum atomic E-state index is 0.705. The molecule has 0 aliphatic carbocycles. The van der Waals surface area contributed by atoms with Crippen molar-refractivity contribution in [1.82, 2.24) is 4.90 Å². The third kappa shape index (κ3) is 3.74. The molecule has 72 valence electrons. The maximum Gasteiger partial charge on any atom is 0.0954 e. The fourth-order valence-corrected chi connectivity index (χ4v) is 1.16. The zero-order chi connectivity index (χ0) is 9.56. The predicted octanol–water partition coefficient (Wildman–Crippen LogP) is 2.74. The minimum Gasteiger partial charge on any atom is -0.361 e. The summed E-state index contributed by atoms with van der Waals surface area (Å²) in [5.74, 6) is 1.48. The first kappa shape index (κ1) is 11.5. The highest BCUT2D eigenvalue weighted by molar-refractivity contribution is 5.78. The van der Waals surface area contributed by atoms with Gasteiger partial charge in [-0.2, -0.15) is 0 Å². The Balaban J connectivity index is 3.90. The van der Waals surface area contributed by atoms with Crippen LogP contribution in [0.1, 0.15) is 40.5 Å². The monoisotopic (exact) mass is 170 g/mol. The van der Waals surface area contributed by atoms with Gasteiger partial charge in [-0.15, -0.1) is 0 Å². The van der Waals surface area contributed by atoms with E-state index in [1.165, 1.54) is 6.42 Å². The highest BCUT2D eigenvalue weighted by Gasteiger charge is 2.08. The Kier molecular flexibility index (Phi) is 5.77. The molecule has 0 rings (SSSR count). The molecule has 0 amide bonds. The molecular weight excluding hydrogens is 148 g/mol. The van der Waals surface area contributed by atoms with Gasteiger partial charge in [-0.1, -0.05) is 27.2 Å². The number of hydrogen-bond acceptors (Lipinski definition) is 1. The predicted molar refractivity (Wildman–Crippen MR) is 54.7 cm³/mol. The summed E-state index contributed by atoms with van der Waals surface area (Å²) < 4.78 is 0. The number of rotatable bonds is 5. The molecule has 2 nitrogen and oxygen atoms in total. The van der Waals surface area contributed by atoms with Crippen molar-refractivity contribution in [3.05, 3.63) is 0 Å². The maximum absolute atomic E-state index is 7.69. The van der Waals surface area contributed by atoms with Crippen molar-refractivity contribution in [3.8, 4) is 0 Å². The first-order valence-electron chi connectivity index (χ1n) is 4.97. The standard InChI is InChI=1S/C10H22N2/c1-5-9(4)8-12(7-3)10(11)6-2/h9,11H,5-8H2,1-4H3. The van der Waals surface area contributed by atoms with Crippen LogP contribution in [-0.4, -0.2) is 23.8 Å². The van der Waals surface area contributed by atoms with Crippen LogP contribution in [0, 0.1) is 11.3 Å². The summed E-state index contributed by atoms with van der Waals surface area (Å²) >= 11 is 0. The van der Waals surface area contributed by atoms with Gasteiger partial charge < -0.3 is 4.90 Å². The van der Waals surface area contributed by atoms with Crippen LogP contribution in [0.5, 0.6) is 0 Å². The highest BCUT2D eigenvalue weighted by atomic mass is 15.2. The van der Waals surface area contributed by atoms with Crippen molar-refractivity contribution in [2.24, 2.45) is 5.92 Å². The van der Waals surface area contributed by atoms with Crippen LogP contribution in [0.2, 0.25) is 0 Å². The second-order valence-electron chi connectivity index (χ2n) is 3.35. The van der Waals surface area contributed by atoms with E-state index in [1.54, 1.807) is 0 Å². The Bertz CT molecular complexity index is 132. The SMILES string of the molecule is CCC(=N)N(CC)CC(C)CC. The lowest BCUT2D eigenvalue weighted by Crippen LogP contribution is -2.33. The van der Waals surface area contributed by atoms with E-state index in [0.29, 0.717) is 5.92 Å². The van der Waals surface area contributed by atoms with Gasteiger partial charge in [-0.3, -0.25) is 5.41 Å². The average molecular weight is 170 g/mol. The third-order valence-corrected chi connectivity index (χ3v) is 2.33. The molecule has 0 heterocycles. The quantitative estimate of drug-likeness (QED) is 0.498. The molecule has 0 spiro atoms. The molecule has 0 aliphatic heterocycles. The van der Waals surface area contributed by atoms with Crippen LogP contribution in [0.15, 0.2) is 0 Å². The fraction of sp³-hybridized carbons (Fsp3) is 0.900. The van der Waals surface area contributed by atoms with Crippen molar-refractivity contribution in [2.45, 2.75) is 40.5 Å². The van der Waals surface area contributed by atoms with E-state index >= 15 is 0 Å². The van der Waals surface area contributed by atoms with Gasteiger partial charge in [0.2, 0.25) is 0 Å². The first-order valence-corrected chi connectivity index (χ1v) is 4.97. The Morgan fingerprint density at radius 2 is 1.92 bits per heavy atom. The fourth-order valence-electron chi connectivity index (χ4n) is 1.16. The number of nitrogens with one attached hydrogen (secondary N) is 1. The molecule has 0 bridgehead atoms. The van der Waals surface area contributed by atoms with Gasteiger partial charge in [0.05, 0.1) is 5.84 Å². The maximum atomic E-state index is 7.69. The summed E-state index contributed by atoms with van der Waals surface area (Å²) in [6.07, 6.45) is 2.05. The Morgan fingerprint density at radius 1 is 1.33 bits per heavy atom. The average Bonchev–Trinajstić information content (AvgIpc) is 2.12. The van der Waals surface area contributed by atoms with Crippen LogP contribution in [0.4, 0.5) is 0 Å². The van der Waals surface area contributed by atoms with Gasteiger partial charge in [0.1, 0.15) is 0 Å². The van der Waals surface area contributed by atoms with Crippen molar-refractivity contribution >= 4 is 5.84 Å². The van der Waals surface area contributed by atoms with Crippen LogP contribution in [0.3, 0.4) is 0 Å². The van der Waals surface area contributed by atoms with E-state index in [4.69, 9.17) is 5.41 Å². The minimum absolute atomic E-state index is 0.705. The number of nitrogens with zero attached hydrogens (tertiary/aromatic N) is 1. The molecule has 0 aromatic carbocycles. The van der Waals surface area contributed by atoms with Gasteiger partial charge in [-0.05, 0) is 12.8 Å². The zero-order valence-electron chi connectivity index (χ0n) is 8.85. The summed E-state index contributed by atoms with van der Waals surface area (Å²) in [6, 6.07) is 0. The van der Waals surface area contributed by atoms with E-state index in [-0.39, 0.29) is 0 Å². The highest BCUT2D eigenvalue weighted by Crippen LogP contribution is 2.05. The molecule has 2 heteroatoms. The second-order valence-corrected chi connectivity index (χ2v) is 3.35. The van der Waals surface area contributed by atoms with Crippen LogP contribution < -0.4 is 0 Å². The largest absolute Gasteiger partial charge is 0.361 e. The van der Waals surface area contributed by atoms with Crippen molar-refractivity contribution < 1.29 is 0 Å². The van der Waals surface area contributed by atoms with Crippen molar-refractivity contribution in [3.63, 3.8) is 0 Å². The molecular formula is C10H22N2. The zero-order valence-corrected chi connectivity index (χ0v) is 8.85. The van der Waals surface area contributed by atoms with E-state index in [1.807, 2.05) is 6.92 Å². The lowest BCUT2D eigenvalue weighted by Gasteiger charge is -2.25. The van der Waals surface area contributed by atoms with Crippen molar-refractivity contribution in [1.29, 1.82) is 5.41 Å². The van der Waals surface area contributed by atoms with Gasteiger partial charge in [0.25, 0.3) is 0 Å². The van der Waals surface area contributed by atoms with Gasteiger partial charge in [-0.25, -0.2) is 0 Å². The Labute approximate surface area is 76.5 Å². The molecule has 1 unspecified atom stereocenters.